The molecule has 2 unspecified atom stereocenters. The number of imidazole rings is 1. The molecular weight excluding hydrogens is 563 g/mol. The first kappa shape index (κ1) is 28.3. The second-order valence-electron chi connectivity index (χ2n) is 11.8. The second kappa shape index (κ2) is 11.9. The number of nitrogens with zero attached hydrogens (tertiary/aromatic N) is 6. The summed E-state index contributed by atoms with van der Waals surface area (Å²) in [4.78, 5) is 26.7. The topological polar surface area (TPSA) is 106 Å². The minimum absolute atomic E-state index is 0.0376. The number of methoxy groups -OCH3 is 1. The molecule has 226 valence electrons. The van der Waals surface area contributed by atoms with E-state index in [-0.39, 0.29) is 24.2 Å². The third-order valence-electron chi connectivity index (χ3n) is 8.95. The molecule has 2 aromatic heterocycles. The van der Waals surface area contributed by atoms with Gasteiger partial charge in [0, 0.05) is 44.4 Å². The third kappa shape index (κ3) is 5.58. The first-order valence-corrected chi connectivity index (χ1v) is 14.9. The standard InChI is InChI=1S/C33H33FN6O4/c1-42-33(41)22-7-8-28-29(12-22)40(18-26-9-10-43-26)31(36-28)19-38-14-24-16-39(17-25(24)15-38)30-3-2-4-32(37-30)44-20-23-6-5-21(13-35)11-27(23)34/h2-8,11-12,24-26H,9-10,14-20H2,1H3/t24?,25?,26-/m0/s1. The Kier molecular flexibility index (Phi) is 7.62. The predicted octanol–water partition coefficient (Wildman–Crippen LogP) is 4.16. The number of aromatic nitrogens is 3. The number of carbonyl (C=O) groups is 1. The van der Waals surface area contributed by atoms with Crippen LogP contribution in [-0.4, -0.2) is 71.4 Å². The number of anilines is 1. The smallest absolute Gasteiger partial charge is 0.337 e. The van der Waals surface area contributed by atoms with Crippen LogP contribution in [0.3, 0.4) is 0 Å². The van der Waals surface area contributed by atoms with Crippen molar-refractivity contribution in [3.05, 3.63) is 82.9 Å². The zero-order valence-corrected chi connectivity index (χ0v) is 24.5. The summed E-state index contributed by atoms with van der Waals surface area (Å²) in [6.07, 6.45) is 1.18. The molecule has 3 aliphatic heterocycles. The SMILES string of the molecule is COC(=O)c1ccc2nc(CN3CC4CN(c5cccc(OCc6ccc(C#N)cc6F)n5)CC4C3)n(C[C@@H]3CCO3)c2c1. The molecule has 0 saturated carbocycles. The molecule has 3 saturated heterocycles. The number of rotatable bonds is 9. The predicted molar refractivity (Wildman–Crippen MR) is 160 cm³/mol. The second-order valence-corrected chi connectivity index (χ2v) is 11.8. The summed E-state index contributed by atoms with van der Waals surface area (Å²) >= 11 is 0. The first-order valence-electron chi connectivity index (χ1n) is 14.9. The summed E-state index contributed by atoms with van der Waals surface area (Å²) in [5.41, 5.74) is 2.97. The molecule has 0 aliphatic carbocycles. The lowest BCUT2D eigenvalue weighted by atomic mass is 10.0. The van der Waals surface area contributed by atoms with Crippen LogP contribution in [0, 0.1) is 29.0 Å². The number of hydrogen-bond acceptors (Lipinski definition) is 9. The largest absolute Gasteiger partial charge is 0.473 e. The molecule has 44 heavy (non-hydrogen) atoms. The summed E-state index contributed by atoms with van der Waals surface area (Å²) < 4.78 is 33.0. The van der Waals surface area contributed by atoms with Crippen molar-refractivity contribution in [2.75, 3.05) is 44.8 Å². The molecule has 11 heteroatoms. The molecule has 0 N–H and O–H groups in total. The molecule has 4 aromatic rings. The van der Waals surface area contributed by atoms with E-state index >= 15 is 0 Å². The number of fused-ring (bicyclic) bond motifs is 2. The average Bonchev–Trinajstić information content (AvgIpc) is 3.69. The van der Waals surface area contributed by atoms with E-state index in [0.717, 1.165) is 68.4 Å². The monoisotopic (exact) mass is 596 g/mol. The van der Waals surface area contributed by atoms with Crippen LogP contribution in [0.2, 0.25) is 0 Å². The van der Waals surface area contributed by atoms with Gasteiger partial charge in [0.15, 0.2) is 0 Å². The molecule has 0 amide bonds. The van der Waals surface area contributed by atoms with Crippen molar-refractivity contribution in [1.82, 2.24) is 19.4 Å². The molecule has 3 aliphatic rings. The van der Waals surface area contributed by atoms with Gasteiger partial charge in [-0.05, 0) is 54.7 Å². The normalized spacial score (nSPS) is 21.2. The Bertz CT molecular complexity index is 1730. The Hall–Kier alpha value is -4.53. The van der Waals surface area contributed by atoms with Crippen molar-refractivity contribution in [3.8, 4) is 11.9 Å². The maximum absolute atomic E-state index is 14.3. The minimum atomic E-state index is -0.463. The lowest BCUT2D eigenvalue weighted by Crippen LogP contribution is -2.33. The number of hydrogen-bond donors (Lipinski definition) is 0. The van der Waals surface area contributed by atoms with E-state index in [1.807, 2.05) is 30.3 Å². The van der Waals surface area contributed by atoms with E-state index in [9.17, 15) is 9.18 Å². The lowest BCUT2D eigenvalue weighted by Gasteiger charge is -2.28. The molecule has 2 aromatic carbocycles. The van der Waals surface area contributed by atoms with Crippen LogP contribution in [0.4, 0.5) is 10.2 Å². The van der Waals surface area contributed by atoms with Crippen LogP contribution >= 0.6 is 0 Å². The van der Waals surface area contributed by atoms with Crippen LogP contribution in [0.25, 0.3) is 11.0 Å². The van der Waals surface area contributed by atoms with Gasteiger partial charge in [-0.15, -0.1) is 0 Å². The number of ether oxygens (including phenoxy) is 3. The van der Waals surface area contributed by atoms with Gasteiger partial charge in [0.25, 0.3) is 0 Å². The van der Waals surface area contributed by atoms with Crippen LogP contribution in [-0.2, 0) is 29.2 Å². The van der Waals surface area contributed by atoms with Gasteiger partial charge in [0.2, 0.25) is 5.88 Å². The Morgan fingerprint density at radius 1 is 1.09 bits per heavy atom. The molecule has 0 spiro atoms. The molecular formula is C33H33FN6O4. The molecule has 5 heterocycles. The van der Waals surface area contributed by atoms with E-state index in [1.165, 1.54) is 13.2 Å². The zero-order valence-electron chi connectivity index (χ0n) is 24.5. The van der Waals surface area contributed by atoms with Gasteiger partial charge in [0.1, 0.15) is 24.1 Å². The van der Waals surface area contributed by atoms with E-state index in [2.05, 4.69) is 14.4 Å². The van der Waals surface area contributed by atoms with Crippen molar-refractivity contribution >= 4 is 22.8 Å². The Morgan fingerprint density at radius 2 is 1.91 bits per heavy atom. The minimum Gasteiger partial charge on any atom is -0.473 e. The van der Waals surface area contributed by atoms with Gasteiger partial charge in [-0.25, -0.2) is 14.2 Å². The maximum Gasteiger partial charge on any atom is 0.337 e. The van der Waals surface area contributed by atoms with Crippen molar-refractivity contribution in [2.24, 2.45) is 11.8 Å². The van der Waals surface area contributed by atoms with Crippen LogP contribution in [0.1, 0.15) is 33.7 Å². The zero-order chi connectivity index (χ0) is 30.2. The highest BCUT2D eigenvalue weighted by molar-refractivity contribution is 5.93. The van der Waals surface area contributed by atoms with Crippen molar-refractivity contribution in [2.45, 2.75) is 32.2 Å². The fourth-order valence-corrected chi connectivity index (χ4v) is 6.53. The van der Waals surface area contributed by atoms with Gasteiger partial charge in [0.05, 0.1) is 54.5 Å². The highest BCUT2D eigenvalue weighted by Crippen LogP contribution is 2.35. The molecule has 7 rings (SSSR count). The fourth-order valence-electron chi connectivity index (χ4n) is 6.53. The summed E-state index contributed by atoms with van der Waals surface area (Å²) in [6, 6.07) is 17.5. The average molecular weight is 597 g/mol. The Labute approximate surface area is 254 Å². The summed E-state index contributed by atoms with van der Waals surface area (Å²) in [5, 5.41) is 8.96. The van der Waals surface area contributed by atoms with Crippen LogP contribution in [0.15, 0.2) is 54.6 Å². The highest BCUT2D eigenvalue weighted by Gasteiger charge is 2.41. The Morgan fingerprint density at radius 3 is 2.61 bits per heavy atom. The molecule has 0 bridgehead atoms. The number of carbonyl (C=O) groups excluding carboxylic acids is 1. The number of benzene rings is 2. The number of nitriles is 1. The van der Waals surface area contributed by atoms with Gasteiger partial charge in [-0.3, -0.25) is 4.90 Å². The van der Waals surface area contributed by atoms with E-state index in [0.29, 0.717) is 35.4 Å². The number of pyridine rings is 1. The number of halogens is 1. The van der Waals surface area contributed by atoms with E-state index < -0.39 is 5.82 Å². The van der Waals surface area contributed by atoms with E-state index in [4.69, 9.17) is 29.4 Å². The molecule has 10 nitrogen and oxygen atoms in total. The fraction of sp³-hybridized carbons (Fsp3) is 0.394. The van der Waals surface area contributed by atoms with Gasteiger partial charge >= 0.3 is 5.97 Å². The van der Waals surface area contributed by atoms with Crippen LogP contribution < -0.4 is 9.64 Å². The van der Waals surface area contributed by atoms with Crippen molar-refractivity contribution < 1.29 is 23.4 Å². The summed E-state index contributed by atoms with van der Waals surface area (Å²) in [7, 11) is 1.39. The lowest BCUT2D eigenvalue weighted by molar-refractivity contribution is -0.0591. The van der Waals surface area contributed by atoms with Gasteiger partial charge < -0.3 is 23.7 Å². The maximum atomic E-state index is 14.3. The van der Waals surface area contributed by atoms with Crippen molar-refractivity contribution in [3.63, 3.8) is 0 Å². The highest BCUT2D eigenvalue weighted by atomic mass is 19.1. The summed E-state index contributed by atoms with van der Waals surface area (Å²) in [5.74, 6) is 2.47. The van der Waals surface area contributed by atoms with Gasteiger partial charge in [-0.1, -0.05) is 12.1 Å². The molecule has 3 atom stereocenters. The third-order valence-corrected chi connectivity index (χ3v) is 8.95. The van der Waals surface area contributed by atoms with Crippen molar-refractivity contribution in [1.29, 1.82) is 5.26 Å². The van der Waals surface area contributed by atoms with Gasteiger partial charge in [-0.2, -0.15) is 10.2 Å². The number of esters is 1. The Balaban J connectivity index is 1.00. The van der Waals surface area contributed by atoms with Crippen LogP contribution in [0.5, 0.6) is 5.88 Å². The quantitative estimate of drug-likeness (QED) is 0.263. The number of likely N-dealkylation sites (tertiary alicyclic amines) is 1. The van der Waals surface area contributed by atoms with E-state index in [1.54, 1.807) is 24.3 Å². The molecule has 0 radical (unpaired) electrons. The molecule has 3 fully saturated rings. The summed E-state index contributed by atoms with van der Waals surface area (Å²) in [6.45, 7) is 5.99. The first-order chi connectivity index (χ1) is 21.5.